The van der Waals surface area contributed by atoms with E-state index in [0.29, 0.717) is 26.2 Å². The molecule has 5 nitrogen and oxygen atoms in total. The highest BCUT2D eigenvalue weighted by Gasteiger charge is 2.33. The number of piperazine rings is 1. The van der Waals surface area contributed by atoms with Crippen LogP contribution in [0, 0.1) is 6.92 Å². The molecule has 2 heterocycles. The molecule has 2 saturated heterocycles. The molecule has 0 aromatic carbocycles. The molecule has 2 aliphatic rings. The Morgan fingerprint density at radius 2 is 2.33 bits per heavy atom. The van der Waals surface area contributed by atoms with Gasteiger partial charge < -0.3 is 9.64 Å². The van der Waals surface area contributed by atoms with E-state index in [4.69, 9.17) is 11.7 Å². The van der Waals surface area contributed by atoms with Crippen LogP contribution in [0.25, 0.3) is 0 Å². The van der Waals surface area contributed by atoms with Gasteiger partial charge in [0.15, 0.2) is 5.78 Å². The molecule has 2 aliphatic heterocycles. The van der Waals surface area contributed by atoms with Crippen molar-refractivity contribution in [3.05, 3.63) is 6.92 Å². The standard InChI is InChI=1S/C10H14N2O3/c1-8(13)4-11-2-3-12-9(5-11)6-15-7-10(12)14/h1,9H,2-7H2. The van der Waals surface area contributed by atoms with Gasteiger partial charge >= 0.3 is 0 Å². The maximum atomic E-state index is 11.4. The fourth-order valence-electron chi connectivity index (χ4n) is 2.12. The molecule has 2 fully saturated rings. The van der Waals surface area contributed by atoms with E-state index in [1.807, 2.05) is 9.80 Å². The molecule has 0 aromatic heterocycles. The zero-order valence-corrected chi connectivity index (χ0v) is 8.52. The fraction of sp³-hybridized carbons (Fsp3) is 0.700. The van der Waals surface area contributed by atoms with Crippen LogP contribution in [0.1, 0.15) is 0 Å². The SMILES string of the molecule is [CH]C(=O)CN1CCN2C(=O)COCC2C1. The summed E-state index contributed by atoms with van der Waals surface area (Å²) in [4.78, 5) is 26.0. The van der Waals surface area contributed by atoms with Crippen LogP contribution in [-0.4, -0.2) is 66.9 Å². The Kier molecular flexibility index (Phi) is 3.02. The summed E-state index contributed by atoms with van der Waals surface area (Å²) in [6, 6.07) is 0.0827. The average molecular weight is 210 g/mol. The summed E-state index contributed by atoms with van der Waals surface area (Å²) < 4.78 is 5.17. The minimum atomic E-state index is -0.327. The topological polar surface area (TPSA) is 49.9 Å². The van der Waals surface area contributed by atoms with Crippen LogP contribution in [0.15, 0.2) is 0 Å². The summed E-state index contributed by atoms with van der Waals surface area (Å²) in [6.07, 6.45) is 0. The largest absolute Gasteiger partial charge is 0.369 e. The van der Waals surface area contributed by atoms with Gasteiger partial charge in [-0.25, -0.2) is 0 Å². The lowest BCUT2D eigenvalue weighted by Crippen LogP contribution is -2.60. The van der Waals surface area contributed by atoms with Gasteiger partial charge in [0, 0.05) is 26.6 Å². The van der Waals surface area contributed by atoms with Crippen LogP contribution in [0.4, 0.5) is 0 Å². The Morgan fingerprint density at radius 1 is 1.53 bits per heavy atom. The molecule has 82 valence electrons. The number of hydrogen-bond donors (Lipinski definition) is 0. The number of ketones is 1. The molecule has 0 aromatic rings. The predicted octanol–water partition coefficient (Wildman–Crippen LogP) is -1.19. The molecule has 5 heteroatoms. The maximum absolute atomic E-state index is 11.4. The van der Waals surface area contributed by atoms with Gasteiger partial charge in [0.1, 0.15) is 6.61 Å². The van der Waals surface area contributed by atoms with Gasteiger partial charge in [0.25, 0.3) is 0 Å². The Bertz CT molecular complexity index is 280. The highest BCUT2D eigenvalue weighted by molar-refractivity contribution is 5.84. The lowest BCUT2D eigenvalue weighted by atomic mass is 10.1. The van der Waals surface area contributed by atoms with Crippen LogP contribution < -0.4 is 0 Å². The van der Waals surface area contributed by atoms with Crippen LogP contribution in [0.2, 0.25) is 0 Å². The zero-order valence-electron chi connectivity index (χ0n) is 8.52. The second-order valence-electron chi connectivity index (χ2n) is 3.96. The van der Waals surface area contributed by atoms with E-state index in [9.17, 15) is 9.59 Å². The van der Waals surface area contributed by atoms with Crippen molar-refractivity contribution in [1.82, 2.24) is 9.80 Å². The lowest BCUT2D eigenvalue weighted by Gasteiger charge is -2.43. The van der Waals surface area contributed by atoms with E-state index in [2.05, 4.69) is 0 Å². The molecule has 0 saturated carbocycles. The number of carbonyl (C=O) groups is 2. The molecule has 1 atom stereocenters. The summed E-state index contributed by atoms with van der Waals surface area (Å²) in [7, 11) is 0. The number of morpholine rings is 1. The first-order valence-electron chi connectivity index (χ1n) is 5.04. The van der Waals surface area contributed by atoms with Gasteiger partial charge in [-0.1, -0.05) is 0 Å². The first-order chi connectivity index (χ1) is 7.16. The smallest absolute Gasteiger partial charge is 0.248 e. The summed E-state index contributed by atoms with van der Waals surface area (Å²) in [5.74, 6) is -0.281. The van der Waals surface area contributed by atoms with Crippen molar-refractivity contribution in [2.45, 2.75) is 6.04 Å². The Balaban J connectivity index is 1.93. The van der Waals surface area contributed by atoms with Gasteiger partial charge in [0.05, 0.1) is 19.2 Å². The second-order valence-corrected chi connectivity index (χ2v) is 3.96. The molecule has 2 radical (unpaired) electrons. The normalized spacial score (nSPS) is 27.7. The molecular formula is C10H14N2O3. The average Bonchev–Trinajstić information content (AvgIpc) is 2.17. The van der Waals surface area contributed by atoms with Crippen LogP contribution in [-0.2, 0) is 14.3 Å². The fourth-order valence-corrected chi connectivity index (χ4v) is 2.12. The van der Waals surface area contributed by atoms with Crippen LogP contribution in [0.3, 0.4) is 0 Å². The van der Waals surface area contributed by atoms with Gasteiger partial charge in [-0.05, 0) is 0 Å². The number of ether oxygens (including phenoxy) is 1. The van der Waals surface area contributed by atoms with Gasteiger partial charge in [-0.3, -0.25) is 14.5 Å². The number of amides is 1. The van der Waals surface area contributed by atoms with E-state index < -0.39 is 0 Å². The molecule has 0 bridgehead atoms. The van der Waals surface area contributed by atoms with Gasteiger partial charge in [-0.15, -0.1) is 0 Å². The molecule has 1 unspecified atom stereocenters. The molecule has 2 rings (SSSR count). The molecule has 1 amide bonds. The van der Waals surface area contributed by atoms with Gasteiger partial charge in [0.2, 0.25) is 5.91 Å². The minimum Gasteiger partial charge on any atom is -0.369 e. The third kappa shape index (κ3) is 2.35. The van der Waals surface area contributed by atoms with Crippen molar-refractivity contribution < 1.29 is 14.3 Å². The lowest BCUT2D eigenvalue weighted by molar-refractivity contribution is -0.152. The van der Waals surface area contributed by atoms with Crippen molar-refractivity contribution in [3.8, 4) is 0 Å². The Morgan fingerprint density at radius 3 is 3.07 bits per heavy atom. The number of rotatable bonds is 2. The molecule has 0 N–H and O–H groups in total. The molecule has 0 aliphatic carbocycles. The Labute approximate surface area is 89.0 Å². The summed E-state index contributed by atoms with van der Waals surface area (Å²) in [5.41, 5.74) is 0. The van der Waals surface area contributed by atoms with Gasteiger partial charge in [-0.2, -0.15) is 0 Å². The van der Waals surface area contributed by atoms with E-state index in [1.165, 1.54) is 0 Å². The van der Waals surface area contributed by atoms with Crippen LogP contribution in [0.5, 0.6) is 0 Å². The van der Waals surface area contributed by atoms with Crippen molar-refractivity contribution in [2.24, 2.45) is 0 Å². The maximum Gasteiger partial charge on any atom is 0.248 e. The number of nitrogens with zero attached hydrogens (tertiary/aromatic N) is 2. The number of hydrogen-bond acceptors (Lipinski definition) is 4. The monoisotopic (exact) mass is 210 g/mol. The molecule has 0 spiro atoms. The third-order valence-electron chi connectivity index (χ3n) is 2.80. The van der Waals surface area contributed by atoms with E-state index in [-0.39, 0.29) is 30.9 Å². The highest BCUT2D eigenvalue weighted by atomic mass is 16.5. The quantitative estimate of drug-likeness (QED) is 0.575. The molecular weight excluding hydrogens is 196 g/mol. The van der Waals surface area contributed by atoms with Crippen molar-refractivity contribution in [3.63, 3.8) is 0 Å². The van der Waals surface area contributed by atoms with Crippen LogP contribution >= 0.6 is 0 Å². The third-order valence-corrected chi connectivity index (χ3v) is 2.80. The summed E-state index contributed by atoms with van der Waals surface area (Å²) in [5, 5.41) is 0. The number of Topliss-reactive ketones (excluding diaryl/α,β-unsaturated/α-hetero) is 1. The van der Waals surface area contributed by atoms with Crippen molar-refractivity contribution >= 4 is 11.7 Å². The second kappa shape index (κ2) is 4.28. The van der Waals surface area contributed by atoms with Crippen molar-refractivity contribution in [2.75, 3.05) is 39.4 Å². The number of fused-ring (bicyclic) bond motifs is 1. The summed E-state index contributed by atoms with van der Waals surface area (Å²) in [6.45, 7) is 8.19. The first-order valence-corrected chi connectivity index (χ1v) is 5.04. The minimum absolute atomic E-state index is 0.0463. The highest BCUT2D eigenvalue weighted by Crippen LogP contribution is 2.14. The Hall–Kier alpha value is -0.940. The summed E-state index contributed by atoms with van der Waals surface area (Å²) >= 11 is 0. The van der Waals surface area contributed by atoms with E-state index >= 15 is 0 Å². The van der Waals surface area contributed by atoms with Crippen molar-refractivity contribution in [1.29, 1.82) is 0 Å². The molecule has 15 heavy (non-hydrogen) atoms. The van der Waals surface area contributed by atoms with E-state index in [0.717, 1.165) is 0 Å². The number of carbonyl (C=O) groups excluding carboxylic acids is 2. The zero-order chi connectivity index (χ0) is 10.8. The van der Waals surface area contributed by atoms with E-state index in [1.54, 1.807) is 0 Å². The first kappa shape index (κ1) is 10.6. The predicted molar refractivity (Wildman–Crippen MR) is 52.1 cm³/mol.